The maximum absolute atomic E-state index is 13.0. The normalized spacial score (nSPS) is 14.9. The predicted octanol–water partition coefficient (Wildman–Crippen LogP) is 5.64. The quantitative estimate of drug-likeness (QED) is 0.233. The number of thioether (sulfide) groups is 1. The zero-order valence-corrected chi connectivity index (χ0v) is 20.5. The maximum atomic E-state index is 13.0. The molecule has 4 rings (SSSR count). The van der Waals surface area contributed by atoms with Crippen molar-refractivity contribution in [2.75, 3.05) is 17.7 Å². The molecular weight excluding hydrogens is 472 g/mol. The van der Waals surface area contributed by atoms with Gasteiger partial charge in [-0.15, -0.1) is 5.10 Å². The minimum Gasteiger partial charge on any atom is -0.489 e. The van der Waals surface area contributed by atoms with Crippen LogP contribution in [0.25, 0.3) is 0 Å². The van der Waals surface area contributed by atoms with Crippen molar-refractivity contribution in [3.05, 3.63) is 88.6 Å². The van der Waals surface area contributed by atoms with E-state index in [1.807, 2.05) is 62.4 Å². The summed E-state index contributed by atoms with van der Waals surface area (Å²) in [5, 5.41) is 9.18. The third-order valence-electron chi connectivity index (χ3n) is 5.17. The van der Waals surface area contributed by atoms with Crippen LogP contribution >= 0.6 is 23.4 Å². The molecule has 0 spiro atoms. The second-order valence-corrected chi connectivity index (χ2v) is 9.20. The van der Waals surface area contributed by atoms with Gasteiger partial charge in [-0.2, -0.15) is 4.98 Å². The van der Waals surface area contributed by atoms with Gasteiger partial charge in [0.2, 0.25) is 11.1 Å². The van der Waals surface area contributed by atoms with E-state index in [2.05, 4.69) is 22.0 Å². The highest BCUT2D eigenvalue weighted by Gasteiger charge is 2.35. The number of carbonyl (C=O) groups is 1. The molecular formula is C25H25ClN4O3S. The Kier molecular flexibility index (Phi) is 7.59. The van der Waals surface area contributed by atoms with E-state index in [1.165, 1.54) is 11.8 Å². The molecule has 1 aliphatic rings. The molecule has 176 valence electrons. The van der Waals surface area contributed by atoms with Gasteiger partial charge < -0.3 is 14.8 Å². The summed E-state index contributed by atoms with van der Waals surface area (Å²) >= 11 is 7.49. The number of halogens is 1. The number of hydrogen-bond acceptors (Lipinski definition) is 7. The molecule has 34 heavy (non-hydrogen) atoms. The predicted molar refractivity (Wildman–Crippen MR) is 134 cm³/mol. The van der Waals surface area contributed by atoms with Gasteiger partial charge in [0, 0.05) is 10.7 Å². The van der Waals surface area contributed by atoms with Crippen molar-refractivity contribution in [2.45, 2.75) is 31.7 Å². The average Bonchev–Trinajstić information content (AvgIpc) is 3.23. The van der Waals surface area contributed by atoms with Gasteiger partial charge in [-0.3, -0.25) is 0 Å². The second-order valence-electron chi connectivity index (χ2n) is 7.53. The van der Waals surface area contributed by atoms with Crippen molar-refractivity contribution in [2.24, 2.45) is 0 Å². The van der Waals surface area contributed by atoms with Crippen LogP contribution in [0.4, 0.5) is 5.95 Å². The van der Waals surface area contributed by atoms with Gasteiger partial charge in [0.1, 0.15) is 25.0 Å². The molecule has 2 heterocycles. The molecule has 1 atom stereocenters. The number of nitrogens with one attached hydrogen (secondary N) is 1. The molecule has 0 saturated heterocycles. The number of esters is 1. The first-order valence-corrected chi connectivity index (χ1v) is 12.2. The SMILES string of the molecule is C=CCOC(=O)C1=C(C)Nc2nc(SCC)nn2C1c1ccc(OCc2ccc(Cl)cc2)cc1. The van der Waals surface area contributed by atoms with Gasteiger partial charge in [-0.1, -0.05) is 67.2 Å². The van der Waals surface area contributed by atoms with Crippen LogP contribution in [0.15, 0.2) is 77.6 Å². The van der Waals surface area contributed by atoms with E-state index in [-0.39, 0.29) is 6.61 Å². The van der Waals surface area contributed by atoms with Gasteiger partial charge in [0.25, 0.3) is 0 Å². The summed E-state index contributed by atoms with van der Waals surface area (Å²) in [6.45, 7) is 8.06. The van der Waals surface area contributed by atoms with Gasteiger partial charge in [-0.05, 0) is 48.1 Å². The Bertz CT molecular complexity index is 1210. The summed E-state index contributed by atoms with van der Waals surface area (Å²) in [4.78, 5) is 17.6. The van der Waals surface area contributed by atoms with Crippen molar-refractivity contribution in [3.8, 4) is 5.75 Å². The Hall–Kier alpha value is -3.23. The van der Waals surface area contributed by atoms with Gasteiger partial charge >= 0.3 is 5.97 Å². The van der Waals surface area contributed by atoms with Crippen molar-refractivity contribution in [1.29, 1.82) is 0 Å². The standard InChI is InChI=1S/C25H25ClN4O3S/c1-4-14-32-23(31)21-16(3)27-24-28-25(34-5-2)29-30(24)22(21)18-8-12-20(13-9-18)33-15-17-6-10-19(26)11-7-17/h4,6-13,22H,1,5,14-15H2,2-3H3,(H,27,28,29). The topological polar surface area (TPSA) is 78.3 Å². The fourth-order valence-corrected chi connectivity index (χ4v) is 4.28. The van der Waals surface area contributed by atoms with Gasteiger partial charge in [0.15, 0.2) is 0 Å². The van der Waals surface area contributed by atoms with E-state index in [1.54, 1.807) is 10.8 Å². The Morgan fingerprint density at radius 1 is 1.24 bits per heavy atom. The van der Waals surface area contributed by atoms with E-state index >= 15 is 0 Å². The van der Waals surface area contributed by atoms with Crippen LogP contribution in [0.3, 0.4) is 0 Å². The highest BCUT2D eigenvalue weighted by atomic mass is 35.5. The number of ether oxygens (including phenoxy) is 2. The van der Waals surface area contributed by atoms with E-state index in [0.717, 1.165) is 16.9 Å². The number of anilines is 1. The van der Waals surface area contributed by atoms with Crippen LogP contribution in [0, 0.1) is 0 Å². The van der Waals surface area contributed by atoms with Crippen LogP contribution in [-0.4, -0.2) is 33.1 Å². The fourth-order valence-electron chi connectivity index (χ4n) is 3.60. The Morgan fingerprint density at radius 3 is 2.65 bits per heavy atom. The molecule has 1 aromatic heterocycles. The average molecular weight is 497 g/mol. The monoisotopic (exact) mass is 496 g/mol. The molecule has 0 fully saturated rings. The van der Waals surface area contributed by atoms with E-state index < -0.39 is 12.0 Å². The van der Waals surface area contributed by atoms with Crippen molar-refractivity contribution >= 4 is 35.3 Å². The largest absolute Gasteiger partial charge is 0.489 e. The van der Waals surface area contributed by atoms with Crippen molar-refractivity contribution < 1.29 is 14.3 Å². The maximum Gasteiger partial charge on any atom is 0.338 e. The van der Waals surface area contributed by atoms with E-state index in [4.69, 9.17) is 21.1 Å². The summed E-state index contributed by atoms with van der Waals surface area (Å²) in [6, 6.07) is 14.7. The van der Waals surface area contributed by atoms with Crippen molar-refractivity contribution in [1.82, 2.24) is 14.8 Å². The summed E-state index contributed by atoms with van der Waals surface area (Å²) < 4.78 is 13.0. The molecule has 0 saturated carbocycles. The number of aromatic nitrogens is 3. The van der Waals surface area contributed by atoms with Crippen LogP contribution in [0.5, 0.6) is 5.75 Å². The van der Waals surface area contributed by atoms with E-state index in [9.17, 15) is 4.79 Å². The lowest BCUT2D eigenvalue weighted by atomic mass is 9.96. The summed E-state index contributed by atoms with van der Waals surface area (Å²) in [5.41, 5.74) is 3.03. The van der Waals surface area contributed by atoms with Crippen LogP contribution in [-0.2, 0) is 16.1 Å². The fraction of sp³-hybridized carbons (Fsp3) is 0.240. The summed E-state index contributed by atoms with van der Waals surface area (Å²) in [7, 11) is 0. The molecule has 9 heteroatoms. The lowest BCUT2D eigenvalue weighted by Crippen LogP contribution is -2.29. The van der Waals surface area contributed by atoms with Crippen molar-refractivity contribution in [3.63, 3.8) is 0 Å². The number of rotatable bonds is 9. The van der Waals surface area contributed by atoms with Crippen LogP contribution in [0.2, 0.25) is 5.02 Å². The second kappa shape index (κ2) is 10.8. The molecule has 1 N–H and O–H groups in total. The highest BCUT2D eigenvalue weighted by Crippen LogP contribution is 2.37. The molecule has 0 radical (unpaired) electrons. The minimum absolute atomic E-state index is 0.126. The number of hydrogen-bond donors (Lipinski definition) is 1. The molecule has 0 aliphatic carbocycles. The zero-order chi connectivity index (χ0) is 24.1. The Labute approximate surface area is 207 Å². The van der Waals surface area contributed by atoms with Gasteiger partial charge in [0.05, 0.1) is 5.57 Å². The first-order valence-electron chi connectivity index (χ1n) is 10.8. The molecule has 0 amide bonds. The first-order chi connectivity index (χ1) is 16.5. The highest BCUT2D eigenvalue weighted by molar-refractivity contribution is 7.99. The minimum atomic E-state index is -0.488. The number of allylic oxidation sites excluding steroid dienone is 1. The smallest absolute Gasteiger partial charge is 0.338 e. The Morgan fingerprint density at radius 2 is 1.97 bits per heavy atom. The number of fused-ring (bicyclic) bond motifs is 1. The lowest BCUT2D eigenvalue weighted by molar-refractivity contribution is -0.138. The number of benzene rings is 2. The van der Waals surface area contributed by atoms with Crippen LogP contribution in [0.1, 0.15) is 31.0 Å². The molecule has 0 bridgehead atoms. The van der Waals surface area contributed by atoms with Gasteiger partial charge in [-0.25, -0.2) is 9.48 Å². The lowest BCUT2D eigenvalue weighted by Gasteiger charge is -2.28. The summed E-state index contributed by atoms with van der Waals surface area (Å²) in [5.74, 6) is 1.71. The number of nitrogens with zero attached hydrogens (tertiary/aromatic N) is 3. The number of carbonyl (C=O) groups excluding carboxylic acids is 1. The molecule has 1 unspecified atom stereocenters. The summed E-state index contributed by atoms with van der Waals surface area (Å²) in [6.07, 6.45) is 1.54. The Balaban J connectivity index is 1.62. The van der Waals surface area contributed by atoms with Crippen LogP contribution < -0.4 is 10.1 Å². The first kappa shape index (κ1) is 23.9. The van der Waals surface area contributed by atoms with E-state index in [0.29, 0.717) is 39.8 Å². The molecule has 7 nitrogen and oxygen atoms in total. The zero-order valence-electron chi connectivity index (χ0n) is 19.0. The third-order valence-corrected chi connectivity index (χ3v) is 6.15. The molecule has 1 aliphatic heterocycles. The molecule has 2 aromatic carbocycles. The molecule has 3 aromatic rings. The third kappa shape index (κ3) is 5.29.